The number of hydrogen-bond acceptors (Lipinski definition) is 1. The summed E-state index contributed by atoms with van der Waals surface area (Å²) in [4.78, 5) is 0. The lowest BCUT2D eigenvalue weighted by Gasteiger charge is -2.37. The number of hydrogen-bond donors (Lipinski definition) is 1. The quantitative estimate of drug-likeness (QED) is 0.808. The van der Waals surface area contributed by atoms with E-state index in [1.807, 2.05) is 6.07 Å². The Labute approximate surface area is 127 Å². The topological polar surface area (TPSA) is 12.0 Å². The lowest BCUT2D eigenvalue weighted by atomic mass is 9.74. The van der Waals surface area contributed by atoms with Crippen molar-refractivity contribution in [1.82, 2.24) is 0 Å². The first-order chi connectivity index (χ1) is 9.63. The lowest BCUT2D eigenvalue weighted by Crippen LogP contribution is -2.34. The summed E-state index contributed by atoms with van der Waals surface area (Å²) in [7, 11) is 0. The molecule has 0 radical (unpaired) electrons. The normalized spacial score (nSPS) is 21.4. The van der Waals surface area contributed by atoms with Crippen LogP contribution in [0.4, 0.5) is 10.1 Å². The van der Waals surface area contributed by atoms with Crippen LogP contribution in [0, 0.1) is 12.7 Å². The largest absolute Gasteiger partial charge is 0.382 e. The third kappa shape index (κ3) is 2.73. The van der Waals surface area contributed by atoms with Crippen LogP contribution in [0.15, 0.2) is 46.9 Å². The number of benzene rings is 2. The molecule has 0 aliphatic heterocycles. The highest BCUT2D eigenvalue weighted by Crippen LogP contribution is 2.39. The number of rotatable bonds is 3. The molecule has 1 aliphatic carbocycles. The molecule has 0 aromatic heterocycles. The van der Waals surface area contributed by atoms with Gasteiger partial charge in [0, 0.05) is 11.7 Å². The minimum atomic E-state index is -0.218. The predicted molar refractivity (Wildman–Crippen MR) is 84.7 cm³/mol. The van der Waals surface area contributed by atoms with Crippen molar-refractivity contribution in [2.45, 2.75) is 31.7 Å². The van der Waals surface area contributed by atoms with Gasteiger partial charge in [-0.1, -0.05) is 24.3 Å². The number of nitrogens with one attached hydrogen (secondary N) is 1. The van der Waals surface area contributed by atoms with Gasteiger partial charge in [0.05, 0.1) is 4.47 Å². The third-order valence-electron chi connectivity index (χ3n) is 4.06. The predicted octanol–water partition coefficient (Wildman–Crippen LogP) is 5.25. The zero-order valence-electron chi connectivity index (χ0n) is 11.4. The van der Waals surface area contributed by atoms with Gasteiger partial charge in [-0.05, 0) is 70.9 Å². The highest BCUT2D eigenvalue weighted by molar-refractivity contribution is 9.10. The standard InChI is InChI=1S/C17H17BrFN/c1-11-4-2-3-5-15(11)12-8-14(9-12)20-13-6-7-16(18)17(19)10-13/h2-7,10,12,14,20H,8-9H2,1H3. The fourth-order valence-corrected chi connectivity index (χ4v) is 3.10. The maximum Gasteiger partial charge on any atom is 0.139 e. The number of halogens is 2. The first kappa shape index (κ1) is 13.6. The van der Waals surface area contributed by atoms with Crippen LogP contribution in [-0.4, -0.2) is 6.04 Å². The monoisotopic (exact) mass is 333 g/mol. The van der Waals surface area contributed by atoms with E-state index in [1.54, 1.807) is 12.1 Å². The molecule has 0 heterocycles. The van der Waals surface area contributed by atoms with Crippen molar-refractivity contribution in [3.8, 4) is 0 Å². The van der Waals surface area contributed by atoms with E-state index in [1.165, 1.54) is 11.1 Å². The SMILES string of the molecule is Cc1ccccc1C1CC(Nc2ccc(Br)c(F)c2)C1. The van der Waals surface area contributed by atoms with Crippen molar-refractivity contribution in [3.05, 3.63) is 63.9 Å². The Hall–Kier alpha value is -1.35. The van der Waals surface area contributed by atoms with E-state index >= 15 is 0 Å². The van der Waals surface area contributed by atoms with Crippen molar-refractivity contribution in [1.29, 1.82) is 0 Å². The molecule has 2 aromatic rings. The molecule has 3 rings (SSSR count). The molecule has 0 spiro atoms. The van der Waals surface area contributed by atoms with Crippen LogP contribution in [-0.2, 0) is 0 Å². The number of aryl methyl sites for hydroxylation is 1. The summed E-state index contributed by atoms with van der Waals surface area (Å²) in [5.74, 6) is 0.416. The molecular formula is C17H17BrFN. The highest BCUT2D eigenvalue weighted by Gasteiger charge is 2.30. The van der Waals surface area contributed by atoms with Gasteiger partial charge in [0.1, 0.15) is 5.82 Å². The fourth-order valence-electron chi connectivity index (χ4n) is 2.86. The molecule has 1 nitrogen and oxygen atoms in total. The van der Waals surface area contributed by atoms with Gasteiger partial charge >= 0.3 is 0 Å². The van der Waals surface area contributed by atoms with Gasteiger partial charge in [-0.25, -0.2) is 4.39 Å². The zero-order chi connectivity index (χ0) is 14.1. The molecule has 3 heteroatoms. The Morgan fingerprint density at radius 2 is 1.90 bits per heavy atom. The van der Waals surface area contributed by atoms with E-state index in [4.69, 9.17) is 0 Å². The Morgan fingerprint density at radius 3 is 2.60 bits per heavy atom. The molecule has 1 N–H and O–H groups in total. The molecule has 2 aromatic carbocycles. The van der Waals surface area contributed by atoms with Gasteiger partial charge < -0.3 is 5.32 Å². The van der Waals surface area contributed by atoms with Crippen LogP contribution in [0.2, 0.25) is 0 Å². The van der Waals surface area contributed by atoms with Crippen molar-refractivity contribution >= 4 is 21.6 Å². The molecule has 104 valence electrons. The Kier molecular flexibility index (Phi) is 3.79. The summed E-state index contributed by atoms with van der Waals surface area (Å²) in [6, 6.07) is 14.2. The maximum absolute atomic E-state index is 13.5. The van der Waals surface area contributed by atoms with Crippen molar-refractivity contribution in [3.63, 3.8) is 0 Å². The average molecular weight is 334 g/mol. The third-order valence-corrected chi connectivity index (χ3v) is 4.70. The number of anilines is 1. The molecule has 1 saturated carbocycles. The van der Waals surface area contributed by atoms with E-state index < -0.39 is 0 Å². The Balaban J connectivity index is 1.61. The minimum Gasteiger partial charge on any atom is -0.382 e. The van der Waals surface area contributed by atoms with Gasteiger partial charge in [0.2, 0.25) is 0 Å². The Bertz CT molecular complexity index is 620. The molecule has 20 heavy (non-hydrogen) atoms. The summed E-state index contributed by atoms with van der Waals surface area (Å²) < 4.78 is 14.0. The average Bonchev–Trinajstić information content (AvgIpc) is 2.39. The molecule has 0 amide bonds. The molecule has 0 bridgehead atoms. The summed E-state index contributed by atoms with van der Waals surface area (Å²) in [5, 5.41) is 3.40. The first-order valence-electron chi connectivity index (χ1n) is 6.90. The summed E-state index contributed by atoms with van der Waals surface area (Å²) in [6.45, 7) is 2.17. The first-order valence-corrected chi connectivity index (χ1v) is 7.70. The summed E-state index contributed by atoms with van der Waals surface area (Å²) >= 11 is 3.17. The van der Waals surface area contributed by atoms with Gasteiger partial charge in [-0.2, -0.15) is 0 Å². The van der Waals surface area contributed by atoms with Gasteiger partial charge in [-0.3, -0.25) is 0 Å². The fraction of sp³-hybridized carbons (Fsp3) is 0.294. The Morgan fingerprint density at radius 1 is 1.15 bits per heavy atom. The van der Waals surface area contributed by atoms with Crippen LogP contribution in [0.1, 0.15) is 29.9 Å². The van der Waals surface area contributed by atoms with Crippen molar-refractivity contribution < 1.29 is 4.39 Å². The van der Waals surface area contributed by atoms with Crippen LogP contribution < -0.4 is 5.32 Å². The molecule has 0 saturated heterocycles. The van der Waals surface area contributed by atoms with Crippen molar-refractivity contribution in [2.75, 3.05) is 5.32 Å². The summed E-state index contributed by atoms with van der Waals surface area (Å²) in [5.41, 5.74) is 3.68. The van der Waals surface area contributed by atoms with Gasteiger partial charge in [0.25, 0.3) is 0 Å². The second kappa shape index (κ2) is 5.57. The van der Waals surface area contributed by atoms with E-state index in [9.17, 15) is 4.39 Å². The van der Waals surface area contributed by atoms with E-state index in [0.717, 1.165) is 18.5 Å². The minimum absolute atomic E-state index is 0.218. The second-order valence-corrected chi connectivity index (χ2v) is 6.35. The van der Waals surface area contributed by atoms with E-state index in [-0.39, 0.29) is 5.82 Å². The van der Waals surface area contributed by atoms with Crippen LogP contribution in [0.5, 0.6) is 0 Å². The molecule has 1 aliphatic rings. The van der Waals surface area contributed by atoms with Crippen molar-refractivity contribution in [2.24, 2.45) is 0 Å². The van der Waals surface area contributed by atoms with E-state index in [0.29, 0.717) is 16.4 Å². The van der Waals surface area contributed by atoms with Crippen LogP contribution >= 0.6 is 15.9 Å². The second-order valence-electron chi connectivity index (χ2n) is 5.50. The molecular weight excluding hydrogens is 317 g/mol. The van der Waals surface area contributed by atoms with Gasteiger partial charge in [-0.15, -0.1) is 0 Å². The molecule has 1 fully saturated rings. The zero-order valence-corrected chi connectivity index (χ0v) is 13.0. The lowest BCUT2D eigenvalue weighted by molar-refractivity contribution is 0.373. The molecule has 0 atom stereocenters. The van der Waals surface area contributed by atoms with Crippen LogP contribution in [0.3, 0.4) is 0 Å². The van der Waals surface area contributed by atoms with E-state index in [2.05, 4.69) is 52.4 Å². The maximum atomic E-state index is 13.5. The smallest absolute Gasteiger partial charge is 0.139 e. The van der Waals surface area contributed by atoms with Crippen LogP contribution in [0.25, 0.3) is 0 Å². The van der Waals surface area contributed by atoms with Gasteiger partial charge in [0.15, 0.2) is 0 Å². The molecule has 0 unspecified atom stereocenters. The highest BCUT2D eigenvalue weighted by atomic mass is 79.9. The summed E-state index contributed by atoms with van der Waals surface area (Å²) in [6.07, 6.45) is 2.23.